The lowest BCUT2D eigenvalue weighted by Crippen LogP contribution is -2.22. The Labute approximate surface area is 153 Å². The fourth-order valence-corrected chi connectivity index (χ4v) is 3.07. The van der Waals surface area contributed by atoms with Crippen LogP contribution in [0.15, 0.2) is 18.2 Å². The first-order chi connectivity index (χ1) is 11.4. The summed E-state index contributed by atoms with van der Waals surface area (Å²) in [5, 5.41) is 1.36. The van der Waals surface area contributed by atoms with Gasteiger partial charge in [0.15, 0.2) is 0 Å². The molecule has 0 aromatic heterocycles. The Morgan fingerprint density at radius 1 is 1.42 bits per heavy atom. The second-order valence-electron chi connectivity index (χ2n) is 6.34. The van der Waals surface area contributed by atoms with Crippen LogP contribution in [0.1, 0.15) is 45.1 Å². The molecule has 2 atom stereocenters. The highest BCUT2D eigenvalue weighted by Crippen LogP contribution is 2.35. The first-order valence-electron chi connectivity index (χ1n) is 8.38. The van der Waals surface area contributed by atoms with Gasteiger partial charge in [-0.1, -0.05) is 49.5 Å². The van der Waals surface area contributed by atoms with Gasteiger partial charge in [-0.2, -0.15) is 0 Å². The molecule has 6 heteroatoms. The molecule has 0 amide bonds. The van der Waals surface area contributed by atoms with E-state index in [4.69, 9.17) is 37.4 Å². The average Bonchev–Trinajstić information content (AvgIpc) is 3.27. The molecule has 1 heterocycles. The third kappa shape index (κ3) is 6.15. The molecule has 1 fully saturated rings. The molecular formula is C18H24Cl2O4. The van der Waals surface area contributed by atoms with Crippen molar-refractivity contribution in [2.45, 2.75) is 51.7 Å². The Morgan fingerprint density at radius 3 is 2.79 bits per heavy atom. The van der Waals surface area contributed by atoms with Crippen LogP contribution in [-0.2, 0) is 20.6 Å². The monoisotopic (exact) mass is 374 g/mol. The van der Waals surface area contributed by atoms with Crippen molar-refractivity contribution in [1.82, 2.24) is 0 Å². The van der Waals surface area contributed by atoms with Crippen molar-refractivity contribution in [3.8, 4) is 0 Å². The number of carbonyl (C=O) groups excluding carboxylic acids is 1. The number of halogens is 2. The van der Waals surface area contributed by atoms with Crippen LogP contribution in [0.4, 0.5) is 4.79 Å². The lowest BCUT2D eigenvalue weighted by molar-refractivity contribution is -0.0398. The minimum atomic E-state index is -0.761. The van der Waals surface area contributed by atoms with Gasteiger partial charge in [0.1, 0.15) is 6.61 Å². The van der Waals surface area contributed by atoms with Crippen LogP contribution < -0.4 is 0 Å². The highest BCUT2D eigenvalue weighted by atomic mass is 35.5. The maximum atomic E-state index is 11.5. The highest BCUT2D eigenvalue weighted by molar-refractivity contribution is 6.35. The van der Waals surface area contributed by atoms with E-state index in [0.717, 1.165) is 31.2 Å². The number of ether oxygens (including phenoxy) is 3. The van der Waals surface area contributed by atoms with Gasteiger partial charge in [-0.05, 0) is 42.9 Å². The van der Waals surface area contributed by atoms with E-state index < -0.39 is 11.9 Å². The summed E-state index contributed by atoms with van der Waals surface area (Å²) in [5.74, 6) is -0.297. The number of hydrogen-bond acceptors (Lipinski definition) is 4. The SMILES string of the molecule is CCCOC(=O)OC1(CCCC(C)Cc2ccc(Cl)cc2Cl)CO1. The smallest absolute Gasteiger partial charge is 0.434 e. The molecule has 134 valence electrons. The summed E-state index contributed by atoms with van der Waals surface area (Å²) in [6.45, 7) is 4.94. The molecule has 1 aromatic rings. The zero-order valence-electron chi connectivity index (χ0n) is 14.1. The van der Waals surface area contributed by atoms with Gasteiger partial charge in [0.2, 0.25) is 5.79 Å². The Hall–Kier alpha value is -0.970. The molecule has 2 rings (SSSR count). The molecule has 1 aliphatic rings. The van der Waals surface area contributed by atoms with Crippen LogP contribution in [0, 0.1) is 5.92 Å². The predicted molar refractivity (Wildman–Crippen MR) is 94.6 cm³/mol. The van der Waals surface area contributed by atoms with Gasteiger partial charge < -0.3 is 14.2 Å². The number of benzene rings is 1. The molecular weight excluding hydrogens is 351 g/mol. The van der Waals surface area contributed by atoms with Crippen LogP contribution in [0.25, 0.3) is 0 Å². The lowest BCUT2D eigenvalue weighted by atomic mass is 9.95. The van der Waals surface area contributed by atoms with E-state index in [1.165, 1.54) is 0 Å². The molecule has 1 saturated heterocycles. The number of rotatable bonds is 9. The minimum Gasteiger partial charge on any atom is -0.434 e. The first kappa shape index (κ1) is 19.4. The van der Waals surface area contributed by atoms with E-state index in [2.05, 4.69) is 6.92 Å². The van der Waals surface area contributed by atoms with E-state index in [9.17, 15) is 4.79 Å². The van der Waals surface area contributed by atoms with Crippen molar-refractivity contribution in [3.63, 3.8) is 0 Å². The summed E-state index contributed by atoms with van der Waals surface area (Å²) in [6.07, 6.45) is 3.62. The van der Waals surface area contributed by atoms with Gasteiger partial charge in [0, 0.05) is 16.5 Å². The van der Waals surface area contributed by atoms with Crippen molar-refractivity contribution < 1.29 is 19.0 Å². The van der Waals surface area contributed by atoms with E-state index in [1.807, 2.05) is 19.1 Å². The van der Waals surface area contributed by atoms with E-state index in [-0.39, 0.29) is 0 Å². The van der Waals surface area contributed by atoms with Crippen LogP contribution >= 0.6 is 23.2 Å². The number of hydrogen-bond donors (Lipinski definition) is 0. The molecule has 0 aliphatic carbocycles. The largest absolute Gasteiger partial charge is 0.510 e. The first-order valence-corrected chi connectivity index (χ1v) is 9.13. The molecule has 0 N–H and O–H groups in total. The normalized spacial score (nSPS) is 20.5. The molecule has 24 heavy (non-hydrogen) atoms. The summed E-state index contributed by atoms with van der Waals surface area (Å²) in [5.41, 5.74) is 1.10. The maximum absolute atomic E-state index is 11.5. The van der Waals surface area contributed by atoms with Gasteiger partial charge in [-0.3, -0.25) is 0 Å². The Kier molecular flexibility index (Phi) is 7.20. The van der Waals surface area contributed by atoms with Gasteiger partial charge >= 0.3 is 6.16 Å². The molecule has 4 nitrogen and oxygen atoms in total. The molecule has 0 saturated carbocycles. The van der Waals surface area contributed by atoms with Gasteiger partial charge in [-0.25, -0.2) is 4.79 Å². The van der Waals surface area contributed by atoms with Crippen LogP contribution in [0.3, 0.4) is 0 Å². The van der Waals surface area contributed by atoms with Gasteiger partial charge in [-0.15, -0.1) is 0 Å². The van der Waals surface area contributed by atoms with Crippen LogP contribution in [0.5, 0.6) is 0 Å². The summed E-state index contributed by atoms with van der Waals surface area (Å²) in [7, 11) is 0. The van der Waals surface area contributed by atoms with Crippen molar-refractivity contribution in [1.29, 1.82) is 0 Å². The Bertz CT molecular complexity index is 558. The van der Waals surface area contributed by atoms with Gasteiger partial charge in [0.05, 0.1) is 6.61 Å². The highest BCUT2D eigenvalue weighted by Gasteiger charge is 2.49. The topological polar surface area (TPSA) is 48.1 Å². The third-order valence-electron chi connectivity index (χ3n) is 4.00. The average molecular weight is 375 g/mol. The summed E-state index contributed by atoms with van der Waals surface area (Å²) >= 11 is 12.1. The van der Waals surface area contributed by atoms with Crippen LogP contribution in [-0.4, -0.2) is 25.2 Å². The summed E-state index contributed by atoms with van der Waals surface area (Å²) in [6, 6.07) is 5.60. The fraction of sp³-hybridized carbons (Fsp3) is 0.611. The quantitative estimate of drug-likeness (QED) is 0.414. The second kappa shape index (κ2) is 8.93. The van der Waals surface area contributed by atoms with E-state index in [1.54, 1.807) is 6.07 Å². The Morgan fingerprint density at radius 2 is 2.17 bits per heavy atom. The summed E-state index contributed by atoms with van der Waals surface area (Å²) in [4.78, 5) is 11.5. The summed E-state index contributed by atoms with van der Waals surface area (Å²) < 4.78 is 15.5. The Balaban J connectivity index is 1.70. The number of carbonyl (C=O) groups is 1. The molecule has 0 spiro atoms. The fourth-order valence-electron chi connectivity index (χ4n) is 2.59. The zero-order valence-corrected chi connectivity index (χ0v) is 15.7. The van der Waals surface area contributed by atoms with Crippen molar-refractivity contribution >= 4 is 29.4 Å². The van der Waals surface area contributed by atoms with Crippen molar-refractivity contribution in [3.05, 3.63) is 33.8 Å². The standard InChI is InChI=1S/C18H24Cl2O4/c1-3-9-22-17(21)24-18(12-23-18)8-4-5-13(2)10-14-6-7-15(19)11-16(14)20/h6-7,11,13H,3-5,8-10,12H2,1-2H3. The van der Waals surface area contributed by atoms with Crippen molar-refractivity contribution in [2.24, 2.45) is 5.92 Å². The minimum absolute atomic E-state index is 0.369. The second-order valence-corrected chi connectivity index (χ2v) is 7.18. The number of epoxide rings is 1. The van der Waals surface area contributed by atoms with Crippen LogP contribution in [0.2, 0.25) is 10.0 Å². The molecule has 1 aromatic carbocycles. The van der Waals surface area contributed by atoms with Gasteiger partial charge in [0.25, 0.3) is 0 Å². The maximum Gasteiger partial charge on any atom is 0.510 e. The van der Waals surface area contributed by atoms with E-state index in [0.29, 0.717) is 35.6 Å². The molecule has 0 bridgehead atoms. The van der Waals surface area contributed by atoms with Crippen molar-refractivity contribution in [2.75, 3.05) is 13.2 Å². The molecule has 1 aliphatic heterocycles. The van der Waals surface area contributed by atoms with E-state index >= 15 is 0 Å². The third-order valence-corrected chi connectivity index (χ3v) is 4.58. The molecule has 0 radical (unpaired) electrons. The lowest BCUT2D eigenvalue weighted by Gasteiger charge is -2.16. The molecule has 2 unspecified atom stereocenters. The zero-order chi connectivity index (χ0) is 17.6. The predicted octanol–water partition coefficient (Wildman–Crippen LogP) is 5.63.